The molecule has 0 aliphatic rings. The lowest BCUT2D eigenvalue weighted by Crippen LogP contribution is -2.43. The summed E-state index contributed by atoms with van der Waals surface area (Å²) in [6.45, 7) is 8.65. The van der Waals surface area contributed by atoms with Crippen molar-refractivity contribution in [2.75, 3.05) is 12.3 Å². The fourth-order valence-electron chi connectivity index (χ4n) is 2.02. The second-order valence-electron chi connectivity index (χ2n) is 5.88. The summed E-state index contributed by atoms with van der Waals surface area (Å²) in [6, 6.07) is 6.73. The molecule has 136 valence electrons. The van der Waals surface area contributed by atoms with Gasteiger partial charge in [0.25, 0.3) is 0 Å². The average molecular weight is 356 g/mol. The van der Waals surface area contributed by atoms with Crippen LogP contribution in [0.5, 0.6) is 5.75 Å². The fraction of sp³-hybridized carbons (Fsp3) is 0.588. The first-order valence-electron chi connectivity index (χ1n) is 8.34. The number of nitrogens with one attached hydrogen (secondary N) is 1. The number of amides is 2. The number of hydrogen-bond acceptors (Lipinski definition) is 4. The van der Waals surface area contributed by atoms with Crippen LogP contribution in [0.3, 0.4) is 0 Å². The Hall–Kier alpha value is -1.76. The van der Waals surface area contributed by atoms with Crippen LogP contribution in [0, 0.1) is 0 Å². The standard InChI is InChI=1S/C17H28N2O4S/c1-5-7-12-18-17(20)19(14(3)4)13-15-8-10-16(11-9-15)23-24(21,22)6-2/h8-11,14H,5-7,12-13H2,1-4H3,(H,18,20). The second-order valence-corrected chi connectivity index (χ2v) is 7.74. The van der Waals surface area contributed by atoms with E-state index in [9.17, 15) is 13.2 Å². The Bertz CT molecular complexity index is 612. The molecule has 0 atom stereocenters. The van der Waals surface area contributed by atoms with Gasteiger partial charge in [-0.1, -0.05) is 25.5 Å². The summed E-state index contributed by atoms with van der Waals surface area (Å²) in [7, 11) is -3.52. The van der Waals surface area contributed by atoms with E-state index in [-0.39, 0.29) is 23.6 Å². The molecule has 7 heteroatoms. The zero-order valence-corrected chi connectivity index (χ0v) is 15.7. The summed E-state index contributed by atoms with van der Waals surface area (Å²) in [6.07, 6.45) is 1.99. The molecule has 0 aromatic heterocycles. The predicted octanol–water partition coefficient (Wildman–Crippen LogP) is 3.14. The van der Waals surface area contributed by atoms with E-state index >= 15 is 0 Å². The summed E-state index contributed by atoms with van der Waals surface area (Å²) >= 11 is 0. The van der Waals surface area contributed by atoms with E-state index in [1.807, 2.05) is 13.8 Å². The molecule has 24 heavy (non-hydrogen) atoms. The Labute approximate surface area is 145 Å². The van der Waals surface area contributed by atoms with Crippen molar-refractivity contribution < 1.29 is 17.4 Å². The fourth-order valence-corrected chi connectivity index (χ4v) is 2.54. The number of carbonyl (C=O) groups excluding carboxylic acids is 1. The summed E-state index contributed by atoms with van der Waals surface area (Å²) in [4.78, 5) is 14.0. The molecule has 1 aromatic carbocycles. The van der Waals surface area contributed by atoms with E-state index in [2.05, 4.69) is 12.2 Å². The molecule has 6 nitrogen and oxygen atoms in total. The van der Waals surface area contributed by atoms with Gasteiger partial charge in [-0.2, -0.15) is 8.42 Å². The molecule has 1 aromatic rings. The number of hydrogen-bond donors (Lipinski definition) is 1. The third-order valence-corrected chi connectivity index (χ3v) is 4.70. The smallest absolute Gasteiger partial charge is 0.317 e. The van der Waals surface area contributed by atoms with Crippen molar-refractivity contribution in [2.45, 2.75) is 53.1 Å². The van der Waals surface area contributed by atoms with Crippen LogP contribution in [0.2, 0.25) is 0 Å². The molecule has 1 N–H and O–H groups in total. The minimum Gasteiger partial charge on any atom is -0.382 e. The van der Waals surface area contributed by atoms with E-state index in [1.54, 1.807) is 29.2 Å². The highest BCUT2D eigenvalue weighted by atomic mass is 32.2. The molecule has 2 amide bonds. The molecule has 0 aliphatic heterocycles. The minimum atomic E-state index is -3.52. The maximum absolute atomic E-state index is 12.3. The van der Waals surface area contributed by atoms with Crippen molar-refractivity contribution in [1.29, 1.82) is 0 Å². The van der Waals surface area contributed by atoms with Crippen LogP contribution in [-0.2, 0) is 16.7 Å². The largest absolute Gasteiger partial charge is 0.382 e. The Morgan fingerprint density at radius 1 is 1.21 bits per heavy atom. The number of carbonyl (C=O) groups is 1. The first-order valence-corrected chi connectivity index (χ1v) is 9.92. The predicted molar refractivity (Wildman–Crippen MR) is 95.5 cm³/mol. The number of rotatable bonds is 9. The quantitative estimate of drug-likeness (QED) is 0.545. The van der Waals surface area contributed by atoms with Crippen LogP contribution in [0.1, 0.15) is 46.1 Å². The topological polar surface area (TPSA) is 75.7 Å². The Kier molecular flexibility index (Phi) is 8.04. The molecule has 0 unspecified atom stereocenters. The highest BCUT2D eigenvalue weighted by Gasteiger charge is 2.17. The highest BCUT2D eigenvalue weighted by molar-refractivity contribution is 7.87. The van der Waals surface area contributed by atoms with Crippen LogP contribution in [0.4, 0.5) is 4.79 Å². The molecule has 0 heterocycles. The molecule has 0 radical (unpaired) electrons. The van der Waals surface area contributed by atoms with Gasteiger partial charge in [0.05, 0.1) is 5.75 Å². The Morgan fingerprint density at radius 2 is 1.83 bits per heavy atom. The van der Waals surface area contributed by atoms with Crippen LogP contribution in [0.15, 0.2) is 24.3 Å². The van der Waals surface area contributed by atoms with E-state index in [4.69, 9.17) is 4.18 Å². The molecular weight excluding hydrogens is 328 g/mol. The molecule has 0 fully saturated rings. The molecular formula is C17H28N2O4S. The average Bonchev–Trinajstić information content (AvgIpc) is 2.53. The van der Waals surface area contributed by atoms with Crippen molar-refractivity contribution >= 4 is 16.1 Å². The zero-order valence-electron chi connectivity index (χ0n) is 14.9. The van der Waals surface area contributed by atoms with Gasteiger partial charge in [0.2, 0.25) is 0 Å². The van der Waals surface area contributed by atoms with Crippen LogP contribution in [-0.4, -0.2) is 37.7 Å². The summed E-state index contributed by atoms with van der Waals surface area (Å²) in [5.74, 6) is 0.206. The van der Waals surface area contributed by atoms with Gasteiger partial charge < -0.3 is 14.4 Å². The summed E-state index contributed by atoms with van der Waals surface area (Å²) < 4.78 is 27.9. The van der Waals surface area contributed by atoms with Crippen LogP contribution >= 0.6 is 0 Å². The van der Waals surface area contributed by atoms with Crippen LogP contribution < -0.4 is 9.50 Å². The number of nitrogens with zero attached hydrogens (tertiary/aromatic N) is 1. The van der Waals surface area contributed by atoms with Gasteiger partial charge in [0.15, 0.2) is 0 Å². The molecule has 0 spiro atoms. The number of unbranched alkanes of at least 4 members (excludes halogenated alkanes) is 1. The SMILES string of the molecule is CCCCNC(=O)N(Cc1ccc(OS(=O)(=O)CC)cc1)C(C)C. The van der Waals surface area contributed by atoms with Crippen molar-refractivity contribution in [2.24, 2.45) is 0 Å². The molecule has 0 aliphatic carbocycles. The third-order valence-electron chi connectivity index (χ3n) is 3.54. The third kappa shape index (κ3) is 6.78. The molecule has 0 saturated heterocycles. The summed E-state index contributed by atoms with van der Waals surface area (Å²) in [5.41, 5.74) is 0.913. The minimum absolute atomic E-state index is 0.0584. The van der Waals surface area contributed by atoms with Crippen molar-refractivity contribution in [3.05, 3.63) is 29.8 Å². The van der Waals surface area contributed by atoms with E-state index in [0.717, 1.165) is 18.4 Å². The second kappa shape index (κ2) is 9.52. The normalized spacial score (nSPS) is 11.4. The van der Waals surface area contributed by atoms with Gasteiger partial charge in [-0.25, -0.2) is 4.79 Å². The van der Waals surface area contributed by atoms with Gasteiger partial charge in [0.1, 0.15) is 5.75 Å². The maximum Gasteiger partial charge on any atom is 0.317 e. The zero-order chi connectivity index (χ0) is 18.2. The van der Waals surface area contributed by atoms with Gasteiger partial charge in [-0.05, 0) is 44.9 Å². The van der Waals surface area contributed by atoms with Crippen LogP contribution in [0.25, 0.3) is 0 Å². The number of benzene rings is 1. The first kappa shape index (κ1) is 20.3. The van der Waals surface area contributed by atoms with Crippen molar-refractivity contribution in [3.63, 3.8) is 0 Å². The Morgan fingerprint density at radius 3 is 2.33 bits per heavy atom. The summed E-state index contributed by atoms with van der Waals surface area (Å²) in [5, 5.41) is 2.92. The Balaban J connectivity index is 2.72. The van der Waals surface area contributed by atoms with Gasteiger partial charge in [-0.3, -0.25) is 0 Å². The highest BCUT2D eigenvalue weighted by Crippen LogP contribution is 2.16. The van der Waals surface area contributed by atoms with Crippen molar-refractivity contribution in [3.8, 4) is 5.75 Å². The van der Waals surface area contributed by atoms with E-state index in [1.165, 1.54) is 6.92 Å². The number of urea groups is 1. The monoisotopic (exact) mass is 356 g/mol. The first-order chi connectivity index (χ1) is 11.3. The lowest BCUT2D eigenvalue weighted by Gasteiger charge is -2.27. The van der Waals surface area contributed by atoms with Crippen molar-refractivity contribution in [1.82, 2.24) is 10.2 Å². The molecule has 1 rings (SSSR count). The molecule has 0 saturated carbocycles. The maximum atomic E-state index is 12.3. The van der Waals surface area contributed by atoms with Gasteiger partial charge >= 0.3 is 16.1 Å². The van der Waals surface area contributed by atoms with Gasteiger partial charge in [-0.15, -0.1) is 0 Å². The van der Waals surface area contributed by atoms with Gasteiger partial charge in [0, 0.05) is 19.1 Å². The van der Waals surface area contributed by atoms with E-state index < -0.39 is 10.1 Å². The lowest BCUT2D eigenvalue weighted by atomic mass is 10.2. The molecule has 0 bridgehead atoms. The lowest BCUT2D eigenvalue weighted by molar-refractivity contribution is 0.179. The van der Waals surface area contributed by atoms with E-state index in [0.29, 0.717) is 13.1 Å².